The highest BCUT2D eigenvalue weighted by atomic mass is 16.3. The Labute approximate surface area is 120 Å². The second-order valence-electron chi connectivity index (χ2n) is 4.77. The van der Waals surface area contributed by atoms with Crippen LogP contribution in [-0.4, -0.2) is 48.3 Å². The van der Waals surface area contributed by atoms with Gasteiger partial charge in [0.25, 0.3) is 0 Å². The van der Waals surface area contributed by atoms with E-state index in [9.17, 15) is 9.59 Å². The molecule has 0 spiro atoms. The Morgan fingerprint density at radius 3 is 1.40 bits per heavy atom. The van der Waals surface area contributed by atoms with Crippen molar-refractivity contribution in [3.8, 4) is 0 Å². The number of unbranched alkanes of at least 4 members (excludes halogenated alkanes) is 3. The standard InChI is InChI=1S/C14H28N2O4/c17-11-5-1-7-13(19)15-9-3-4-10-16-14(20)8-2-6-12-18/h17-18H,1-12H2,(H,15,19)(H,16,20). The summed E-state index contributed by atoms with van der Waals surface area (Å²) in [6.45, 7) is 1.51. The molecule has 0 aromatic rings. The van der Waals surface area contributed by atoms with Crippen LogP contribution in [0, 0.1) is 0 Å². The number of nitrogens with one attached hydrogen (secondary N) is 2. The van der Waals surface area contributed by atoms with Crippen LogP contribution in [0.2, 0.25) is 0 Å². The summed E-state index contributed by atoms with van der Waals surface area (Å²) in [4.78, 5) is 22.6. The van der Waals surface area contributed by atoms with Crippen LogP contribution < -0.4 is 10.6 Å². The lowest BCUT2D eigenvalue weighted by molar-refractivity contribution is -0.122. The fourth-order valence-electron chi connectivity index (χ4n) is 1.68. The van der Waals surface area contributed by atoms with E-state index in [2.05, 4.69) is 10.6 Å². The molecule has 0 saturated carbocycles. The zero-order chi connectivity index (χ0) is 15.1. The van der Waals surface area contributed by atoms with Gasteiger partial charge in [0.05, 0.1) is 0 Å². The average molecular weight is 288 g/mol. The maximum atomic E-state index is 11.3. The van der Waals surface area contributed by atoms with E-state index >= 15 is 0 Å². The predicted octanol–water partition coefficient (Wildman–Crippen LogP) is 0.324. The van der Waals surface area contributed by atoms with E-state index < -0.39 is 0 Å². The van der Waals surface area contributed by atoms with Crippen LogP contribution in [0.1, 0.15) is 51.4 Å². The van der Waals surface area contributed by atoms with Gasteiger partial charge in [-0.05, 0) is 38.5 Å². The molecule has 0 atom stereocenters. The molecule has 0 unspecified atom stereocenters. The number of amides is 2. The topological polar surface area (TPSA) is 98.7 Å². The summed E-state index contributed by atoms with van der Waals surface area (Å²) in [6.07, 6.45) is 5.35. The summed E-state index contributed by atoms with van der Waals surface area (Å²) in [6, 6.07) is 0. The fourth-order valence-corrected chi connectivity index (χ4v) is 1.68. The van der Waals surface area contributed by atoms with Crippen molar-refractivity contribution < 1.29 is 19.8 Å². The van der Waals surface area contributed by atoms with Crippen molar-refractivity contribution in [1.82, 2.24) is 10.6 Å². The molecule has 6 nitrogen and oxygen atoms in total. The van der Waals surface area contributed by atoms with Crippen molar-refractivity contribution in [3.63, 3.8) is 0 Å². The third-order valence-corrected chi connectivity index (χ3v) is 2.87. The van der Waals surface area contributed by atoms with Gasteiger partial charge in [-0.15, -0.1) is 0 Å². The van der Waals surface area contributed by atoms with Crippen LogP contribution in [0.4, 0.5) is 0 Å². The maximum Gasteiger partial charge on any atom is 0.219 e. The van der Waals surface area contributed by atoms with Crippen molar-refractivity contribution in [1.29, 1.82) is 0 Å². The molecule has 0 heterocycles. The summed E-state index contributed by atoms with van der Waals surface area (Å²) in [7, 11) is 0. The Balaban J connectivity index is 3.27. The van der Waals surface area contributed by atoms with E-state index in [0.717, 1.165) is 12.8 Å². The molecule has 2 amide bonds. The van der Waals surface area contributed by atoms with Gasteiger partial charge in [0.2, 0.25) is 11.8 Å². The van der Waals surface area contributed by atoms with Crippen molar-refractivity contribution in [2.75, 3.05) is 26.3 Å². The van der Waals surface area contributed by atoms with Crippen LogP contribution in [0.3, 0.4) is 0 Å². The molecule has 0 saturated heterocycles. The summed E-state index contributed by atoms with van der Waals surface area (Å²) in [5.41, 5.74) is 0. The molecular weight excluding hydrogens is 260 g/mol. The van der Waals surface area contributed by atoms with Crippen molar-refractivity contribution in [2.24, 2.45) is 0 Å². The molecular formula is C14H28N2O4. The fraction of sp³-hybridized carbons (Fsp3) is 0.857. The van der Waals surface area contributed by atoms with Gasteiger partial charge in [-0.25, -0.2) is 0 Å². The van der Waals surface area contributed by atoms with Gasteiger partial charge < -0.3 is 20.8 Å². The monoisotopic (exact) mass is 288 g/mol. The molecule has 0 radical (unpaired) electrons. The number of aliphatic hydroxyl groups is 2. The number of rotatable bonds is 13. The number of carbonyl (C=O) groups is 2. The molecule has 4 N–H and O–H groups in total. The minimum Gasteiger partial charge on any atom is -0.396 e. The van der Waals surface area contributed by atoms with Crippen LogP contribution in [0.25, 0.3) is 0 Å². The third-order valence-electron chi connectivity index (χ3n) is 2.87. The molecule has 118 valence electrons. The van der Waals surface area contributed by atoms with Crippen molar-refractivity contribution >= 4 is 11.8 Å². The summed E-state index contributed by atoms with van der Waals surface area (Å²) >= 11 is 0. The van der Waals surface area contributed by atoms with Crippen LogP contribution in [0.15, 0.2) is 0 Å². The molecule has 0 aliphatic heterocycles. The minimum atomic E-state index is 0.0199. The number of carbonyl (C=O) groups excluding carboxylic acids is 2. The molecule has 0 aromatic carbocycles. The third kappa shape index (κ3) is 13.3. The molecule has 0 aromatic heterocycles. The Bertz CT molecular complexity index is 234. The first-order chi connectivity index (χ1) is 9.70. The maximum absolute atomic E-state index is 11.3. The zero-order valence-electron chi connectivity index (χ0n) is 12.2. The Morgan fingerprint density at radius 2 is 1.05 bits per heavy atom. The van der Waals surface area contributed by atoms with E-state index in [1.807, 2.05) is 0 Å². The average Bonchev–Trinajstić information content (AvgIpc) is 2.43. The molecule has 0 fully saturated rings. The van der Waals surface area contributed by atoms with Crippen molar-refractivity contribution in [3.05, 3.63) is 0 Å². The smallest absolute Gasteiger partial charge is 0.219 e. The summed E-state index contributed by atoms with van der Waals surface area (Å²) < 4.78 is 0. The van der Waals surface area contributed by atoms with Gasteiger partial charge in [-0.2, -0.15) is 0 Å². The van der Waals surface area contributed by atoms with Crippen LogP contribution >= 0.6 is 0 Å². The second kappa shape index (κ2) is 14.3. The first-order valence-corrected chi connectivity index (χ1v) is 7.45. The lowest BCUT2D eigenvalue weighted by Crippen LogP contribution is -2.27. The lowest BCUT2D eigenvalue weighted by Gasteiger charge is -2.06. The Morgan fingerprint density at radius 1 is 0.650 bits per heavy atom. The molecule has 6 heteroatoms. The highest BCUT2D eigenvalue weighted by Crippen LogP contribution is 1.95. The van der Waals surface area contributed by atoms with Crippen LogP contribution in [0.5, 0.6) is 0 Å². The highest BCUT2D eigenvalue weighted by Gasteiger charge is 2.01. The first kappa shape index (κ1) is 18.9. The van der Waals surface area contributed by atoms with E-state index in [-0.39, 0.29) is 25.0 Å². The number of hydrogen-bond donors (Lipinski definition) is 4. The second-order valence-corrected chi connectivity index (χ2v) is 4.77. The number of hydrogen-bond acceptors (Lipinski definition) is 4. The van der Waals surface area contributed by atoms with Crippen LogP contribution in [-0.2, 0) is 9.59 Å². The normalized spacial score (nSPS) is 10.3. The zero-order valence-corrected chi connectivity index (χ0v) is 12.2. The van der Waals surface area contributed by atoms with E-state index in [1.165, 1.54) is 0 Å². The number of aliphatic hydroxyl groups excluding tert-OH is 2. The lowest BCUT2D eigenvalue weighted by atomic mass is 10.2. The van der Waals surface area contributed by atoms with E-state index in [1.54, 1.807) is 0 Å². The largest absolute Gasteiger partial charge is 0.396 e. The Hall–Kier alpha value is -1.14. The molecule has 0 aliphatic rings. The van der Waals surface area contributed by atoms with Gasteiger partial charge in [0, 0.05) is 39.1 Å². The molecule has 20 heavy (non-hydrogen) atoms. The van der Waals surface area contributed by atoms with Gasteiger partial charge in [0.1, 0.15) is 0 Å². The van der Waals surface area contributed by atoms with Gasteiger partial charge in [-0.3, -0.25) is 9.59 Å². The Kier molecular flexibility index (Phi) is 13.5. The SMILES string of the molecule is O=C(CCCCO)NCCCCNC(=O)CCCCO. The predicted molar refractivity (Wildman–Crippen MR) is 77.1 cm³/mol. The minimum absolute atomic E-state index is 0.0199. The first-order valence-electron chi connectivity index (χ1n) is 7.45. The molecule has 0 bridgehead atoms. The quantitative estimate of drug-likeness (QED) is 0.367. The van der Waals surface area contributed by atoms with Crippen molar-refractivity contribution in [2.45, 2.75) is 51.4 Å². The van der Waals surface area contributed by atoms with Gasteiger partial charge >= 0.3 is 0 Å². The highest BCUT2D eigenvalue weighted by molar-refractivity contribution is 5.76. The van der Waals surface area contributed by atoms with E-state index in [0.29, 0.717) is 51.6 Å². The van der Waals surface area contributed by atoms with E-state index in [4.69, 9.17) is 10.2 Å². The molecule has 0 rings (SSSR count). The van der Waals surface area contributed by atoms with Gasteiger partial charge in [-0.1, -0.05) is 0 Å². The summed E-state index contributed by atoms with van der Waals surface area (Å²) in [5, 5.41) is 22.8. The summed E-state index contributed by atoms with van der Waals surface area (Å²) in [5.74, 6) is 0.0398. The molecule has 0 aliphatic carbocycles. The van der Waals surface area contributed by atoms with Gasteiger partial charge in [0.15, 0.2) is 0 Å².